The molecule has 2 aromatic rings. The minimum atomic E-state index is 0.725. The van der Waals surface area contributed by atoms with E-state index in [9.17, 15) is 0 Å². The van der Waals surface area contributed by atoms with E-state index in [-0.39, 0.29) is 0 Å². The quantitative estimate of drug-likeness (QED) is 0.805. The minimum absolute atomic E-state index is 0.725. The zero-order valence-electron chi connectivity index (χ0n) is 11.4. The van der Waals surface area contributed by atoms with Crippen molar-refractivity contribution in [2.75, 3.05) is 19.6 Å². The first-order valence-corrected chi connectivity index (χ1v) is 7.41. The molecule has 3 heteroatoms. The summed E-state index contributed by atoms with van der Waals surface area (Å²) in [5.41, 5.74) is 1.35. The molecule has 1 saturated heterocycles. The molecule has 0 radical (unpaired) electrons. The molecule has 2 N–H and O–H groups in total. The van der Waals surface area contributed by atoms with Gasteiger partial charge in [-0.25, -0.2) is 0 Å². The Hall–Kier alpha value is -1.32. The van der Waals surface area contributed by atoms with Crippen LogP contribution < -0.4 is 10.6 Å². The molecule has 0 saturated carbocycles. The van der Waals surface area contributed by atoms with Crippen molar-refractivity contribution in [1.82, 2.24) is 15.2 Å². The second kappa shape index (κ2) is 6.22. The average Bonchev–Trinajstić information content (AvgIpc) is 2.88. The fraction of sp³-hybridized carbons (Fsp3) is 0.500. The van der Waals surface area contributed by atoms with E-state index in [1.165, 1.54) is 43.3 Å². The zero-order valence-corrected chi connectivity index (χ0v) is 11.4. The van der Waals surface area contributed by atoms with Crippen molar-refractivity contribution < 1.29 is 0 Å². The van der Waals surface area contributed by atoms with E-state index in [4.69, 9.17) is 0 Å². The molecule has 1 aliphatic rings. The maximum absolute atomic E-state index is 3.68. The van der Waals surface area contributed by atoms with Crippen molar-refractivity contribution in [3.8, 4) is 0 Å². The van der Waals surface area contributed by atoms with E-state index < -0.39 is 0 Å². The Labute approximate surface area is 115 Å². The molecular weight excluding hydrogens is 234 g/mol. The average molecular weight is 257 g/mol. The number of aromatic nitrogens is 1. The van der Waals surface area contributed by atoms with Crippen LogP contribution in [-0.4, -0.2) is 30.2 Å². The summed E-state index contributed by atoms with van der Waals surface area (Å²) in [5.74, 6) is 0. The van der Waals surface area contributed by atoms with Gasteiger partial charge < -0.3 is 15.2 Å². The molecule has 0 bridgehead atoms. The largest absolute Gasteiger partial charge is 0.347 e. The van der Waals surface area contributed by atoms with Gasteiger partial charge in [-0.05, 0) is 56.4 Å². The van der Waals surface area contributed by atoms with Gasteiger partial charge in [-0.3, -0.25) is 0 Å². The standard InChI is InChI=1S/C16H23N3/c1-2-5-16-14(4-1)8-13-19(16)12-3-9-18-15-6-10-17-11-7-15/h1-2,4-5,8,13,15,17-18H,3,6-7,9-12H2. The summed E-state index contributed by atoms with van der Waals surface area (Å²) in [6, 6.07) is 11.5. The smallest absolute Gasteiger partial charge is 0.0480 e. The predicted octanol–water partition coefficient (Wildman–Crippen LogP) is 2.37. The van der Waals surface area contributed by atoms with Crippen LogP contribution in [0, 0.1) is 0 Å². The Morgan fingerprint density at radius 2 is 2.00 bits per heavy atom. The number of hydrogen-bond donors (Lipinski definition) is 2. The van der Waals surface area contributed by atoms with E-state index in [0.717, 1.165) is 19.1 Å². The number of rotatable bonds is 5. The molecule has 0 aliphatic carbocycles. The fourth-order valence-electron chi connectivity index (χ4n) is 2.92. The molecule has 102 valence electrons. The van der Waals surface area contributed by atoms with Crippen LogP contribution in [0.5, 0.6) is 0 Å². The van der Waals surface area contributed by atoms with Crippen LogP contribution in [0.4, 0.5) is 0 Å². The van der Waals surface area contributed by atoms with Gasteiger partial charge in [-0.1, -0.05) is 18.2 Å². The number of para-hydroxylation sites is 1. The van der Waals surface area contributed by atoms with Gasteiger partial charge in [0.25, 0.3) is 0 Å². The molecule has 0 spiro atoms. The lowest BCUT2D eigenvalue weighted by Gasteiger charge is -2.23. The summed E-state index contributed by atoms with van der Waals surface area (Å²) in [6.07, 6.45) is 5.94. The van der Waals surface area contributed by atoms with E-state index in [1.807, 2.05) is 0 Å². The Morgan fingerprint density at radius 1 is 1.16 bits per heavy atom. The van der Waals surface area contributed by atoms with Gasteiger partial charge in [-0.15, -0.1) is 0 Å². The van der Waals surface area contributed by atoms with Gasteiger partial charge in [0.1, 0.15) is 0 Å². The molecule has 19 heavy (non-hydrogen) atoms. The van der Waals surface area contributed by atoms with E-state index in [1.54, 1.807) is 0 Å². The molecule has 1 aliphatic heterocycles. The van der Waals surface area contributed by atoms with Crippen molar-refractivity contribution in [2.24, 2.45) is 0 Å². The molecule has 1 aromatic heterocycles. The summed E-state index contributed by atoms with van der Waals surface area (Å²) in [4.78, 5) is 0. The maximum atomic E-state index is 3.68. The van der Waals surface area contributed by atoms with Crippen LogP contribution >= 0.6 is 0 Å². The maximum Gasteiger partial charge on any atom is 0.0480 e. The number of hydrogen-bond acceptors (Lipinski definition) is 2. The highest BCUT2D eigenvalue weighted by atomic mass is 15.0. The van der Waals surface area contributed by atoms with E-state index >= 15 is 0 Å². The molecule has 2 heterocycles. The number of nitrogens with one attached hydrogen (secondary N) is 2. The summed E-state index contributed by atoms with van der Waals surface area (Å²) in [5, 5.41) is 8.42. The highest BCUT2D eigenvalue weighted by Crippen LogP contribution is 2.15. The Balaban J connectivity index is 1.47. The minimum Gasteiger partial charge on any atom is -0.347 e. The summed E-state index contributed by atoms with van der Waals surface area (Å²) in [6.45, 7) is 4.56. The normalized spacial score (nSPS) is 17.1. The Kier molecular flexibility index (Phi) is 4.16. The topological polar surface area (TPSA) is 29.0 Å². The van der Waals surface area contributed by atoms with Crippen LogP contribution in [0.1, 0.15) is 19.3 Å². The van der Waals surface area contributed by atoms with Crippen molar-refractivity contribution >= 4 is 10.9 Å². The highest BCUT2D eigenvalue weighted by molar-refractivity contribution is 5.79. The van der Waals surface area contributed by atoms with Gasteiger partial charge in [-0.2, -0.15) is 0 Å². The first kappa shape index (κ1) is 12.7. The third-order valence-corrected chi connectivity index (χ3v) is 4.03. The lowest BCUT2D eigenvalue weighted by atomic mass is 10.1. The monoisotopic (exact) mass is 257 g/mol. The van der Waals surface area contributed by atoms with E-state index in [2.05, 4.69) is 51.7 Å². The van der Waals surface area contributed by atoms with Crippen LogP contribution in [-0.2, 0) is 6.54 Å². The second-order valence-corrected chi connectivity index (χ2v) is 5.40. The van der Waals surface area contributed by atoms with Gasteiger partial charge in [0.15, 0.2) is 0 Å². The lowest BCUT2D eigenvalue weighted by molar-refractivity contribution is 0.382. The second-order valence-electron chi connectivity index (χ2n) is 5.40. The van der Waals surface area contributed by atoms with Gasteiger partial charge in [0.2, 0.25) is 0 Å². The highest BCUT2D eigenvalue weighted by Gasteiger charge is 2.11. The molecule has 1 aromatic carbocycles. The van der Waals surface area contributed by atoms with Crippen LogP contribution in [0.2, 0.25) is 0 Å². The van der Waals surface area contributed by atoms with Gasteiger partial charge in [0, 0.05) is 24.3 Å². The summed E-state index contributed by atoms with van der Waals surface area (Å²) in [7, 11) is 0. The fourth-order valence-corrected chi connectivity index (χ4v) is 2.92. The van der Waals surface area contributed by atoms with Crippen molar-refractivity contribution in [3.05, 3.63) is 36.5 Å². The Bertz CT molecular complexity index is 511. The van der Waals surface area contributed by atoms with Crippen molar-refractivity contribution in [2.45, 2.75) is 31.8 Å². The predicted molar refractivity (Wildman–Crippen MR) is 80.4 cm³/mol. The summed E-state index contributed by atoms with van der Waals surface area (Å²) >= 11 is 0. The number of nitrogens with zero attached hydrogens (tertiary/aromatic N) is 1. The van der Waals surface area contributed by atoms with Crippen molar-refractivity contribution in [1.29, 1.82) is 0 Å². The van der Waals surface area contributed by atoms with Gasteiger partial charge >= 0.3 is 0 Å². The molecule has 1 fully saturated rings. The van der Waals surface area contributed by atoms with Crippen molar-refractivity contribution in [3.63, 3.8) is 0 Å². The number of piperidine rings is 1. The van der Waals surface area contributed by atoms with E-state index in [0.29, 0.717) is 0 Å². The number of fused-ring (bicyclic) bond motifs is 1. The molecule has 0 amide bonds. The zero-order chi connectivity index (χ0) is 12.9. The third-order valence-electron chi connectivity index (χ3n) is 4.03. The Morgan fingerprint density at radius 3 is 2.89 bits per heavy atom. The van der Waals surface area contributed by atoms with Crippen LogP contribution in [0.15, 0.2) is 36.5 Å². The molecule has 0 unspecified atom stereocenters. The van der Waals surface area contributed by atoms with Gasteiger partial charge in [0.05, 0.1) is 0 Å². The molecule has 3 rings (SSSR count). The number of aryl methyl sites for hydroxylation is 1. The van der Waals surface area contributed by atoms with Crippen LogP contribution in [0.3, 0.4) is 0 Å². The molecular formula is C16H23N3. The number of benzene rings is 1. The first-order valence-electron chi connectivity index (χ1n) is 7.41. The first-order chi connectivity index (χ1) is 9.43. The SMILES string of the molecule is c1ccc2c(c1)ccn2CCCNC1CCNCC1. The molecule has 3 nitrogen and oxygen atoms in total. The lowest BCUT2D eigenvalue weighted by Crippen LogP contribution is -2.40. The summed E-state index contributed by atoms with van der Waals surface area (Å²) < 4.78 is 2.36. The molecule has 0 atom stereocenters. The van der Waals surface area contributed by atoms with Crippen LogP contribution in [0.25, 0.3) is 10.9 Å². The third kappa shape index (κ3) is 3.17.